The van der Waals surface area contributed by atoms with Gasteiger partial charge in [-0.1, -0.05) is 12.1 Å². The van der Waals surface area contributed by atoms with E-state index in [0.717, 1.165) is 14.9 Å². The van der Waals surface area contributed by atoms with Gasteiger partial charge in [0, 0.05) is 23.6 Å². The van der Waals surface area contributed by atoms with Gasteiger partial charge >= 0.3 is 0 Å². The van der Waals surface area contributed by atoms with Crippen molar-refractivity contribution in [2.24, 2.45) is 0 Å². The number of benzene rings is 3. The molecule has 1 N–H and O–H groups in total. The molecule has 0 unspecified atom stereocenters. The lowest BCUT2D eigenvalue weighted by molar-refractivity contribution is 0.102. The summed E-state index contributed by atoms with van der Waals surface area (Å²) in [6.45, 7) is 0. The van der Waals surface area contributed by atoms with Crippen LogP contribution in [0.2, 0.25) is 0 Å². The Balaban J connectivity index is 1.81. The van der Waals surface area contributed by atoms with Crippen LogP contribution in [-0.4, -0.2) is 41.8 Å². The Morgan fingerprint density at radius 3 is 2.22 bits per heavy atom. The van der Waals surface area contributed by atoms with E-state index < -0.39 is 10.0 Å². The first kappa shape index (κ1) is 23.5. The zero-order chi connectivity index (χ0) is 23.3. The highest BCUT2D eigenvalue weighted by Gasteiger charge is 2.23. The Hall–Kier alpha value is -3.17. The van der Waals surface area contributed by atoms with E-state index in [4.69, 9.17) is 9.47 Å². The van der Waals surface area contributed by atoms with E-state index in [0.29, 0.717) is 22.7 Å². The number of para-hydroxylation sites is 1. The molecule has 0 aliphatic carbocycles. The molecule has 0 saturated carbocycles. The van der Waals surface area contributed by atoms with E-state index in [-0.39, 0.29) is 10.8 Å². The van der Waals surface area contributed by atoms with Gasteiger partial charge in [-0.05, 0) is 54.8 Å². The van der Waals surface area contributed by atoms with Crippen molar-refractivity contribution in [2.75, 3.05) is 37.1 Å². The summed E-state index contributed by atoms with van der Waals surface area (Å²) < 4.78 is 37.7. The lowest BCUT2D eigenvalue weighted by Crippen LogP contribution is -2.26. The maximum atomic E-state index is 13.1. The van der Waals surface area contributed by atoms with Crippen molar-refractivity contribution in [1.82, 2.24) is 0 Å². The fourth-order valence-corrected chi connectivity index (χ4v) is 4.80. The SMILES string of the molecule is COc1ccc(S(=O)(=O)N(C)c2ccc(C(=O)Nc3ccccc3SC)cc2)cc1OC. The number of thioether (sulfide) groups is 1. The maximum absolute atomic E-state index is 13.1. The minimum atomic E-state index is -3.85. The third kappa shape index (κ3) is 4.84. The van der Waals surface area contributed by atoms with Gasteiger partial charge in [-0.3, -0.25) is 9.10 Å². The molecule has 1 amide bonds. The number of carbonyl (C=O) groups is 1. The molecule has 0 saturated heterocycles. The van der Waals surface area contributed by atoms with Gasteiger partial charge in [-0.25, -0.2) is 8.42 Å². The average Bonchev–Trinajstić information content (AvgIpc) is 2.83. The van der Waals surface area contributed by atoms with E-state index in [9.17, 15) is 13.2 Å². The number of hydrogen-bond acceptors (Lipinski definition) is 6. The second-order valence-corrected chi connectivity index (χ2v) is 9.51. The highest BCUT2D eigenvalue weighted by Crippen LogP contribution is 2.32. The summed E-state index contributed by atoms with van der Waals surface area (Å²) in [4.78, 5) is 13.7. The molecule has 32 heavy (non-hydrogen) atoms. The number of ether oxygens (including phenoxy) is 2. The van der Waals surface area contributed by atoms with Crippen LogP contribution < -0.4 is 19.1 Å². The molecule has 0 aliphatic heterocycles. The van der Waals surface area contributed by atoms with Crippen LogP contribution in [0, 0.1) is 0 Å². The topological polar surface area (TPSA) is 84.9 Å². The molecule has 7 nitrogen and oxygen atoms in total. The van der Waals surface area contributed by atoms with Gasteiger partial charge in [0.15, 0.2) is 11.5 Å². The number of hydrogen-bond donors (Lipinski definition) is 1. The van der Waals surface area contributed by atoms with Gasteiger partial charge in [0.1, 0.15) is 0 Å². The Bertz CT molecular complexity index is 1210. The third-order valence-corrected chi connectivity index (χ3v) is 7.44. The second-order valence-electron chi connectivity index (χ2n) is 6.69. The molecule has 168 valence electrons. The molecular weight excluding hydrogens is 448 g/mol. The number of rotatable bonds is 8. The Kier molecular flexibility index (Phi) is 7.32. The van der Waals surface area contributed by atoms with Gasteiger partial charge in [-0.2, -0.15) is 0 Å². The monoisotopic (exact) mass is 472 g/mol. The van der Waals surface area contributed by atoms with Crippen LogP contribution in [0.25, 0.3) is 0 Å². The van der Waals surface area contributed by atoms with Gasteiger partial charge in [0.05, 0.1) is 30.5 Å². The first-order valence-corrected chi connectivity index (χ1v) is 12.2. The number of methoxy groups -OCH3 is 2. The summed E-state index contributed by atoms with van der Waals surface area (Å²) in [5.41, 5.74) is 1.56. The number of nitrogens with one attached hydrogen (secondary N) is 1. The third-order valence-electron chi connectivity index (χ3n) is 4.86. The minimum absolute atomic E-state index is 0.0631. The number of anilines is 2. The summed E-state index contributed by atoms with van der Waals surface area (Å²) in [5, 5.41) is 2.89. The van der Waals surface area contributed by atoms with Crippen LogP contribution in [0.1, 0.15) is 10.4 Å². The van der Waals surface area contributed by atoms with Gasteiger partial charge in [0.2, 0.25) is 0 Å². The van der Waals surface area contributed by atoms with Gasteiger partial charge in [0.25, 0.3) is 15.9 Å². The van der Waals surface area contributed by atoms with Crippen LogP contribution >= 0.6 is 11.8 Å². The van der Waals surface area contributed by atoms with E-state index in [1.807, 2.05) is 30.5 Å². The number of sulfonamides is 1. The summed E-state index contributed by atoms with van der Waals surface area (Å²) in [6.07, 6.45) is 1.94. The highest BCUT2D eigenvalue weighted by atomic mass is 32.2. The fraction of sp³-hybridized carbons (Fsp3) is 0.174. The predicted molar refractivity (Wildman–Crippen MR) is 128 cm³/mol. The quantitative estimate of drug-likeness (QED) is 0.486. The first-order chi connectivity index (χ1) is 15.3. The minimum Gasteiger partial charge on any atom is -0.493 e. The van der Waals surface area contributed by atoms with Gasteiger partial charge < -0.3 is 14.8 Å². The molecule has 3 aromatic carbocycles. The molecule has 0 fully saturated rings. The largest absolute Gasteiger partial charge is 0.493 e. The summed E-state index contributed by atoms with van der Waals surface area (Å²) >= 11 is 1.54. The molecule has 0 aliphatic rings. The van der Waals surface area contributed by atoms with Crippen molar-refractivity contribution in [3.8, 4) is 11.5 Å². The summed E-state index contributed by atoms with van der Waals surface area (Å²) in [6, 6.07) is 18.3. The van der Waals surface area contributed by atoms with Crippen LogP contribution in [0.4, 0.5) is 11.4 Å². The van der Waals surface area contributed by atoms with Crippen molar-refractivity contribution in [1.29, 1.82) is 0 Å². The highest BCUT2D eigenvalue weighted by molar-refractivity contribution is 7.98. The van der Waals surface area contributed by atoms with Crippen molar-refractivity contribution in [3.63, 3.8) is 0 Å². The Morgan fingerprint density at radius 2 is 1.59 bits per heavy atom. The van der Waals surface area contributed by atoms with Crippen molar-refractivity contribution >= 4 is 39.1 Å². The van der Waals surface area contributed by atoms with E-state index in [2.05, 4.69) is 5.32 Å². The number of carbonyl (C=O) groups excluding carboxylic acids is 1. The molecule has 0 atom stereocenters. The van der Waals surface area contributed by atoms with Gasteiger partial charge in [-0.15, -0.1) is 11.8 Å². The molecule has 0 spiro atoms. The van der Waals surface area contributed by atoms with Crippen molar-refractivity contribution in [3.05, 3.63) is 72.3 Å². The summed E-state index contributed by atoms with van der Waals surface area (Å²) in [5.74, 6) is 0.482. The molecule has 0 aromatic heterocycles. The van der Waals surface area contributed by atoms with Crippen LogP contribution in [0.3, 0.4) is 0 Å². The standard InChI is InChI=1S/C23H24N2O5S2/c1-25(32(27,28)18-13-14-20(29-2)21(15-18)30-3)17-11-9-16(10-12-17)23(26)24-19-7-5-6-8-22(19)31-4/h5-15H,1-4H3,(H,24,26). The fourth-order valence-electron chi connectivity index (χ4n) is 3.04. The Morgan fingerprint density at radius 1 is 0.938 bits per heavy atom. The lowest BCUT2D eigenvalue weighted by Gasteiger charge is -2.20. The zero-order valence-electron chi connectivity index (χ0n) is 18.2. The van der Waals surface area contributed by atoms with Crippen molar-refractivity contribution < 1.29 is 22.7 Å². The molecule has 3 rings (SSSR count). The first-order valence-electron chi connectivity index (χ1n) is 9.57. The maximum Gasteiger partial charge on any atom is 0.264 e. The van der Waals surface area contributed by atoms with E-state index >= 15 is 0 Å². The zero-order valence-corrected chi connectivity index (χ0v) is 19.8. The van der Waals surface area contributed by atoms with Crippen LogP contribution in [0.5, 0.6) is 11.5 Å². The normalized spacial score (nSPS) is 11.0. The predicted octanol–water partition coefficient (Wildman–Crippen LogP) is 4.50. The molecule has 0 heterocycles. The van der Waals surface area contributed by atoms with E-state index in [1.165, 1.54) is 45.2 Å². The van der Waals surface area contributed by atoms with Crippen LogP contribution in [0.15, 0.2) is 76.5 Å². The second kappa shape index (κ2) is 9.97. The number of amides is 1. The number of nitrogens with zero attached hydrogens (tertiary/aromatic N) is 1. The van der Waals surface area contributed by atoms with E-state index in [1.54, 1.807) is 30.3 Å². The molecule has 9 heteroatoms. The molecular formula is C23H24N2O5S2. The Labute approximate surface area is 192 Å². The molecule has 0 radical (unpaired) electrons. The average molecular weight is 473 g/mol. The molecule has 0 bridgehead atoms. The van der Waals surface area contributed by atoms with Crippen LogP contribution in [-0.2, 0) is 10.0 Å². The lowest BCUT2D eigenvalue weighted by atomic mass is 10.2. The van der Waals surface area contributed by atoms with Crippen molar-refractivity contribution in [2.45, 2.75) is 9.79 Å². The smallest absolute Gasteiger partial charge is 0.264 e. The summed E-state index contributed by atoms with van der Waals surface area (Å²) in [7, 11) is 0.534. The molecule has 3 aromatic rings.